The quantitative estimate of drug-likeness (QED) is 0.661. The summed E-state index contributed by atoms with van der Waals surface area (Å²) in [5.74, 6) is 0.757. The van der Waals surface area contributed by atoms with Crippen LogP contribution in [0.5, 0.6) is 5.75 Å². The van der Waals surface area contributed by atoms with E-state index in [4.69, 9.17) is 4.74 Å². The number of carbonyl (C=O) groups is 1. The van der Waals surface area contributed by atoms with Gasteiger partial charge in [-0.1, -0.05) is 15.9 Å². The molecule has 3 nitrogen and oxygen atoms in total. The standard InChI is InChI=1S/C11H14BrNO2/c1-9(14)13-10-3-5-11(6-4-10)15-8-2-7-12/h3-6H,2,7-8H2,1H3,(H,13,14). The zero-order valence-corrected chi connectivity index (χ0v) is 10.2. The molecular weight excluding hydrogens is 258 g/mol. The minimum absolute atomic E-state index is 0.0667. The summed E-state index contributed by atoms with van der Waals surface area (Å²) in [7, 11) is 0. The van der Waals surface area contributed by atoms with E-state index < -0.39 is 0 Å². The Morgan fingerprint density at radius 3 is 2.60 bits per heavy atom. The summed E-state index contributed by atoms with van der Waals surface area (Å²) in [5, 5.41) is 3.64. The Balaban J connectivity index is 2.45. The minimum Gasteiger partial charge on any atom is -0.494 e. The van der Waals surface area contributed by atoms with Crippen LogP contribution in [0.3, 0.4) is 0 Å². The maximum absolute atomic E-state index is 10.8. The van der Waals surface area contributed by atoms with Gasteiger partial charge in [0, 0.05) is 17.9 Å². The lowest BCUT2D eigenvalue weighted by molar-refractivity contribution is -0.114. The molecule has 0 aliphatic heterocycles. The molecule has 0 atom stereocenters. The van der Waals surface area contributed by atoms with Crippen molar-refractivity contribution in [2.45, 2.75) is 13.3 Å². The first kappa shape index (κ1) is 12.0. The van der Waals surface area contributed by atoms with Crippen molar-refractivity contribution in [2.24, 2.45) is 0 Å². The summed E-state index contributed by atoms with van der Waals surface area (Å²) in [5.41, 5.74) is 0.787. The number of anilines is 1. The highest BCUT2D eigenvalue weighted by Crippen LogP contribution is 2.15. The van der Waals surface area contributed by atoms with E-state index in [1.165, 1.54) is 6.92 Å². The molecule has 0 spiro atoms. The molecule has 0 aliphatic carbocycles. The lowest BCUT2D eigenvalue weighted by atomic mass is 10.3. The molecule has 0 saturated heterocycles. The second-order valence-electron chi connectivity index (χ2n) is 3.10. The molecule has 1 amide bonds. The largest absolute Gasteiger partial charge is 0.494 e. The number of halogens is 1. The van der Waals surface area contributed by atoms with Gasteiger partial charge < -0.3 is 10.1 Å². The highest BCUT2D eigenvalue weighted by atomic mass is 79.9. The molecule has 15 heavy (non-hydrogen) atoms. The van der Waals surface area contributed by atoms with Gasteiger partial charge >= 0.3 is 0 Å². The van der Waals surface area contributed by atoms with Gasteiger partial charge in [-0.3, -0.25) is 4.79 Å². The van der Waals surface area contributed by atoms with Crippen molar-refractivity contribution in [3.8, 4) is 5.75 Å². The van der Waals surface area contributed by atoms with Crippen LogP contribution in [0.15, 0.2) is 24.3 Å². The number of hydrogen-bond acceptors (Lipinski definition) is 2. The minimum atomic E-state index is -0.0667. The third-order valence-corrected chi connectivity index (χ3v) is 2.28. The molecule has 1 aromatic rings. The molecule has 82 valence electrons. The average molecular weight is 272 g/mol. The van der Waals surface area contributed by atoms with Crippen LogP contribution in [-0.4, -0.2) is 17.8 Å². The summed E-state index contributed by atoms with van der Waals surface area (Å²) in [6.07, 6.45) is 0.980. The van der Waals surface area contributed by atoms with Crippen molar-refractivity contribution in [2.75, 3.05) is 17.3 Å². The Kier molecular flexibility index (Phi) is 5.18. The Bertz CT molecular complexity index is 311. The maximum Gasteiger partial charge on any atom is 0.221 e. The van der Waals surface area contributed by atoms with Crippen molar-refractivity contribution < 1.29 is 9.53 Å². The molecule has 0 heterocycles. The molecule has 4 heteroatoms. The normalized spacial score (nSPS) is 9.73. The van der Waals surface area contributed by atoms with E-state index in [1.54, 1.807) is 0 Å². The van der Waals surface area contributed by atoms with Crippen LogP contribution in [0.1, 0.15) is 13.3 Å². The molecule has 0 aliphatic rings. The third-order valence-electron chi connectivity index (χ3n) is 1.72. The zero-order chi connectivity index (χ0) is 11.1. The topological polar surface area (TPSA) is 38.3 Å². The summed E-state index contributed by atoms with van der Waals surface area (Å²) >= 11 is 3.33. The van der Waals surface area contributed by atoms with Crippen molar-refractivity contribution in [3.63, 3.8) is 0 Å². The van der Waals surface area contributed by atoms with E-state index in [0.717, 1.165) is 23.2 Å². The van der Waals surface area contributed by atoms with E-state index in [0.29, 0.717) is 6.61 Å². The summed E-state index contributed by atoms with van der Waals surface area (Å²) in [4.78, 5) is 10.8. The van der Waals surface area contributed by atoms with E-state index >= 15 is 0 Å². The second-order valence-corrected chi connectivity index (χ2v) is 3.89. The molecule has 0 aromatic heterocycles. The van der Waals surface area contributed by atoms with Crippen LogP contribution in [0.25, 0.3) is 0 Å². The number of amides is 1. The van der Waals surface area contributed by atoms with Gasteiger partial charge in [0.2, 0.25) is 5.91 Å². The van der Waals surface area contributed by atoms with Gasteiger partial charge in [-0.15, -0.1) is 0 Å². The number of alkyl halides is 1. The predicted molar refractivity (Wildman–Crippen MR) is 64.7 cm³/mol. The highest BCUT2D eigenvalue weighted by molar-refractivity contribution is 9.09. The lowest BCUT2D eigenvalue weighted by Crippen LogP contribution is -2.05. The van der Waals surface area contributed by atoms with Crippen LogP contribution in [-0.2, 0) is 4.79 Å². The second kappa shape index (κ2) is 6.45. The summed E-state index contributed by atoms with van der Waals surface area (Å²) < 4.78 is 5.46. The monoisotopic (exact) mass is 271 g/mol. The van der Waals surface area contributed by atoms with E-state index in [-0.39, 0.29) is 5.91 Å². The molecule has 0 saturated carbocycles. The Morgan fingerprint density at radius 2 is 2.07 bits per heavy atom. The van der Waals surface area contributed by atoms with E-state index in [1.807, 2.05) is 24.3 Å². The summed E-state index contributed by atoms with van der Waals surface area (Å²) in [6, 6.07) is 7.34. The van der Waals surface area contributed by atoms with Gasteiger partial charge in [-0.2, -0.15) is 0 Å². The Morgan fingerprint density at radius 1 is 1.40 bits per heavy atom. The van der Waals surface area contributed by atoms with Crippen molar-refractivity contribution in [3.05, 3.63) is 24.3 Å². The van der Waals surface area contributed by atoms with Gasteiger partial charge in [-0.25, -0.2) is 0 Å². The molecule has 0 bridgehead atoms. The van der Waals surface area contributed by atoms with Crippen LogP contribution < -0.4 is 10.1 Å². The van der Waals surface area contributed by atoms with Crippen molar-refractivity contribution in [1.29, 1.82) is 0 Å². The zero-order valence-electron chi connectivity index (χ0n) is 8.63. The first-order valence-corrected chi connectivity index (χ1v) is 5.91. The number of benzene rings is 1. The Hall–Kier alpha value is -1.03. The Labute approximate surface area is 97.9 Å². The maximum atomic E-state index is 10.8. The summed E-state index contributed by atoms with van der Waals surface area (Å²) in [6.45, 7) is 2.19. The first-order valence-electron chi connectivity index (χ1n) is 4.79. The fourth-order valence-electron chi connectivity index (χ4n) is 1.08. The van der Waals surface area contributed by atoms with E-state index in [2.05, 4.69) is 21.2 Å². The number of hydrogen-bond donors (Lipinski definition) is 1. The first-order chi connectivity index (χ1) is 7.22. The molecule has 1 aromatic carbocycles. The van der Waals surface area contributed by atoms with Crippen LogP contribution >= 0.6 is 15.9 Å². The number of nitrogens with one attached hydrogen (secondary N) is 1. The molecule has 0 fully saturated rings. The van der Waals surface area contributed by atoms with Gasteiger partial charge in [0.1, 0.15) is 5.75 Å². The number of carbonyl (C=O) groups excluding carboxylic acids is 1. The SMILES string of the molecule is CC(=O)Nc1ccc(OCCCBr)cc1. The van der Waals surface area contributed by atoms with Crippen molar-refractivity contribution >= 4 is 27.5 Å². The predicted octanol–water partition coefficient (Wildman–Crippen LogP) is 2.81. The fourth-order valence-corrected chi connectivity index (χ4v) is 1.31. The highest BCUT2D eigenvalue weighted by Gasteiger charge is 1.96. The molecule has 1 rings (SSSR count). The third kappa shape index (κ3) is 4.83. The smallest absolute Gasteiger partial charge is 0.221 e. The van der Waals surface area contributed by atoms with Gasteiger partial charge in [-0.05, 0) is 30.7 Å². The van der Waals surface area contributed by atoms with Gasteiger partial charge in [0.25, 0.3) is 0 Å². The van der Waals surface area contributed by atoms with E-state index in [9.17, 15) is 4.79 Å². The van der Waals surface area contributed by atoms with Gasteiger partial charge in [0.05, 0.1) is 6.61 Å². The molecule has 0 unspecified atom stereocenters. The van der Waals surface area contributed by atoms with Gasteiger partial charge in [0.15, 0.2) is 0 Å². The molecule has 0 radical (unpaired) electrons. The fraction of sp³-hybridized carbons (Fsp3) is 0.364. The average Bonchev–Trinajstić information content (AvgIpc) is 2.20. The van der Waals surface area contributed by atoms with Crippen LogP contribution in [0.4, 0.5) is 5.69 Å². The lowest BCUT2D eigenvalue weighted by Gasteiger charge is -2.06. The number of ether oxygens (including phenoxy) is 1. The van der Waals surface area contributed by atoms with Crippen LogP contribution in [0.2, 0.25) is 0 Å². The molecular formula is C11H14BrNO2. The van der Waals surface area contributed by atoms with Crippen LogP contribution in [0, 0.1) is 0 Å². The number of rotatable bonds is 5. The molecule has 1 N–H and O–H groups in total. The van der Waals surface area contributed by atoms with Crippen molar-refractivity contribution in [1.82, 2.24) is 0 Å².